The van der Waals surface area contributed by atoms with Gasteiger partial charge in [0.2, 0.25) is 0 Å². The second-order valence-electron chi connectivity index (χ2n) is 7.52. The number of amides is 1. The molecule has 0 radical (unpaired) electrons. The van der Waals surface area contributed by atoms with E-state index in [-0.39, 0.29) is 38.0 Å². The molecule has 28 heavy (non-hydrogen) atoms. The van der Waals surface area contributed by atoms with Gasteiger partial charge in [-0.25, -0.2) is 0 Å². The van der Waals surface area contributed by atoms with E-state index in [1.807, 2.05) is 24.3 Å². The molecule has 146 valence electrons. The molecule has 1 amide bonds. The number of carbonyl (C=O) groups excluding carboxylic acids is 2. The number of rotatable bonds is 6. The zero-order valence-electron chi connectivity index (χ0n) is 15.9. The standard InChI is InChI=1S/C20H21ClN4O2Se/c1-20(2,3)16-8-15(17(28-16)18(22)27)25-19-13-7-11(6-12(26)9-21)4-5-14(13)23-10-24-19/h4-5,7-8,10H,6,9H2,1-3H3,(H2,22,27)(H,23,24,25). The van der Waals surface area contributed by atoms with Crippen molar-refractivity contribution in [3.8, 4) is 0 Å². The number of alkyl halides is 1. The van der Waals surface area contributed by atoms with Crippen molar-refractivity contribution >= 4 is 60.2 Å². The number of carbonyl (C=O) groups is 2. The molecule has 0 unspecified atom stereocenters. The Hall–Kier alpha value is -2.21. The van der Waals surface area contributed by atoms with Crippen LogP contribution < -0.4 is 11.1 Å². The number of Topliss-reactive ketones (excluding diaryl/α,β-unsaturated/α-hetero) is 1. The maximum absolute atomic E-state index is 12.0. The first-order chi connectivity index (χ1) is 13.2. The average molecular weight is 464 g/mol. The van der Waals surface area contributed by atoms with Crippen LogP contribution in [0.3, 0.4) is 0 Å². The molecule has 0 saturated heterocycles. The monoisotopic (exact) mass is 464 g/mol. The van der Waals surface area contributed by atoms with E-state index < -0.39 is 5.91 Å². The molecule has 0 bridgehead atoms. The summed E-state index contributed by atoms with van der Waals surface area (Å²) in [5.74, 6) is 0.0689. The number of ketones is 1. The summed E-state index contributed by atoms with van der Waals surface area (Å²) in [6.07, 6.45) is 1.72. The first kappa shape index (κ1) is 20.5. The van der Waals surface area contributed by atoms with Gasteiger partial charge < -0.3 is 0 Å². The van der Waals surface area contributed by atoms with E-state index in [2.05, 4.69) is 36.1 Å². The zero-order chi connectivity index (χ0) is 20.5. The van der Waals surface area contributed by atoms with E-state index in [4.69, 9.17) is 17.3 Å². The summed E-state index contributed by atoms with van der Waals surface area (Å²) in [5.41, 5.74) is 7.82. The fourth-order valence-electron chi connectivity index (χ4n) is 2.75. The van der Waals surface area contributed by atoms with Gasteiger partial charge in [0.15, 0.2) is 0 Å². The quantitative estimate of drug-likeness (QED) is 0.432. The Morgan fingerprint density at radius 1 is 1.21 bits per heavy atom. The number of halogens is 1. The van der Waals surface area contributed by atoms with Gasteiger partial charge in [0.1, 0.15) is 0 Å². The van der Waals surface area contributed by atoms with E-state index in [9.17, 15) is 9.59 Å². The molecule has 3 rings (SSSR count). The number of aromatic nitrogens is 2. The Labute approximate surface area is 174 Å². The molecule has 6 nitrogen and oxygen atoms in total. The number of primary amides is 1. The molecule has 1 aromatic carbocycles. The van der Waals surface area contributed by atoms with Crippen LogP contribution in [0.25, 0.3) is 10.9 Å². The minimum absolute atomic E-state index is 0.0221. The van der Waals surface area contributed by atoms with Crippen molar-refractivity contribution in [2.75, 3.05) is 11.2 Å². The molecule has 0 fully saturated rings. The Kier molecular flexibility index (Phi) is 5.89. The Morgan fingerprint density at radius 3 is 2.61 bits per heavy atom. The zero-order valence-corrected chi connectivity index (χ0v) is 18.3. The first-order valence-corrected chi connectivity index (χ1v) is 11.0. The van der Waals surface area contributed by atoms with Gasteiger partial charge in [-0.3, -0.25) is 0 Å². The molecule has 0 aliphatic rings. The molecule has 0 saturated carbocycles. The molecule has 3 N–H and O–H groups in total. The van der Waals surface area contributed by atoms with Gasteiger partial charge >= 0.3 is 174 Å². The third-order valence-electron chi connectivity index (χ3n) is 4.20. The van der Waals surface area contributed by atoms with Crippen LogP contribution in [0.15, 0.2) is 30.6 Å². The van der Waals surface area contributed by atoms with E-state index in [1.54, 1.807) is 0 Å². The Bertz CT molecular complexity index is 1060. The van der Waals surface area contributed by atoms with Crippen LogP contribution in [-0.4, -0.2) is 42.0 Å². The van der Waals surface area contributed by atoms with Crippen molar-refractivity contribution in [2.45, 2.75) is 32.6 Å². The third-order valence-corrected chi connectivity index (χ3v) is 7.80. The fraction of sp³-hybridized carbons (Fsp3) is 0.300. The van der Waals surface area contributed by atoms with Gasteiger partial charge in [0.25, 0.3) is 0 Å². The third kappa shape index (κ3) is 4.43. The summed E-state index contributed by atoms with van der Waals surface area (Å²) < 4.78 is 1.78. The summed E-state index contributed by atoms with van der Waals surface area (Å²) in [6, 6.07) is 7.57. The van der Waals surface area contributed by atoms with Crippen molar-refractivity contribution in [3.05, 3.63) is 45.0 Å². The van der Waals surface area contributed by atoms with E-state index >= 15 is 0 Å². The van der Waals surface area contributed by atoms with Crippen LogP contribution in [0.4, 0.5) is 11.5 Å². The van der Waals surface area contributed by atoms with Crippen molar-refractivity contribution in [3.63, 3.8) is 0 Å². The van der Waals surface area contributed by atoms with E-state index in [0.29, 0.717) is 15.9 Å². The van der Waals surface area contributed by atoms with Crippen LogP contribution >= 0.6 is 11.6 Å². The van der Waals surface area contributed by atoms with Crippen molar-refractivity contribution in [2.24, 2.45) is 5.73 Å². The topological polar surface area (TPSA) is 98.0 Å². The molecule has 3 aromatic rings. The molecule has 0 aliphatic heterocycles. The summed E-state index contributed by atoms with van der Waals surface area (Å²) in [7, 11) is 0. The second-order valence-corrected chi connectivity index (χ2v) is 9.99. The number of benzene rings is 1. The molecule has 0 aliphatic carbocycles. The molecular formula is C20H21ClN4O2Se. The van der Waals surface area contributed by atoms with E-state index in [1.165, 1.54) is 10.8 Å². The number of anilines is 2. The number of hydrogen-bond acceptors (Lipinski definition) is 5. The van der Waals surface area contributed by atoms with Crippen LogP contribution in [0.2, 0.25) is 0 Å². The molecule has 8 heteroatoms. The van der Waals surface area contributed by atoms with Crippen LogP contribution in [0.1, 0.15) is 40.0 Å². The van der Waals surface area contributed by atoms with Gasteiger partial charge in [-0.1, -0.05) is 0 Å². The normalized spacial score (nSPS) is 11.6. The van der Waals surface area contributed by atoms with Crippen LogP contribution in [0.5, 0.6) is 0 Å². The molecule has 2 aromatic heterocycles. The minimum atomic E-state index is -0.426. The number of nitrogens with one attached hydrogen (secondary N) is 1. The van der Waals surface area contributed by atoms with Gasteiger partial charge in [0, 0.05) is 0 Å². The van der Waals surface area contributed by atoms with Crippen molar-refractivity contribution in [1.82, 2.24) is 9.97 Å². The van der Waals surface area contributed by atoms with Gasteiger partial charge in [-0.15, -0.1) is 0 Å². The van der Waals surface area contributed by atoms with E-state index in [0.717, 1.165) is 16.5 Å². The molecule has 2 heterocycles. The van der Waals surface area contributed by atoms with Gasteiger partial charge in [0.05, 0.1) is 0 Å². The van der Waals surface area contributed by atoms with Gasteiger partial charge in [-0.05, 0) is 0 Å². The molecule has 0 spiro atoms. The van der Waals surface area contributed by atoms with Gasteiger partial charge in [-0.2, -0.15) is 0 Å². The predicted octanol–water partition coefficient (Wildman–Crippen LogP) is 3.18. The number of nitrogens with zero attached hydrogens (tertiary/aromatic N) is 2. The second kappa shape index (κ2) is 8.03. The number of fused-ring (bicyclic) bond motifs is 1. The average Bonchev–Trinajstić information content (AvgIpc) is 3.06. The van der Waals surface area contributed by atoms with Crippen LogP contribution in [-0.2, 0) is 16.6 Å². The summed E-state index contributed by atoms with van der Waals surface area (Å²) in [4.78, 5) is 32.3. The van der Waals surface area contributed by atoms with Crippen molar-refractivity contribution < 1.29 is 9.59 Å². The number of nitrogens with two attached hydrogens (primary N) is 1. The SMILES string of the molecule is CC(C)(C)c1cc(Nc2ncnc3ccc(CC(=O)CCl)cc23)c(C(N)=O)[se]1. The fourth-order valence-corrected chi connectivity index (χ4v) is 4.99. The number of hydrogen-bond donors (Lipinski definition) is 2. The Balaban J connectivity index is 2.05. The Morgan fingerprint density at radius 2 is 1.96 bits per heavy atom. The molecule has 0 atom stereocenters. The summed E-state index contributed by atoms with van der Waals surface area (Å²) in [5, 5.41) is 4.04. The van der Waals surface area contributed by atoms with Crippen LogP contribution in [0, 0.1) is 0 Å². The summed E-state index contributed by atoms with van der Waals surface area (Å²) in [6.45, 7) is 6.34. The predicted molar refractivity (Wildman–Crippen MR) is 113 cm³/mol. The summed E-state index contributed by atoms with van der Waals surface area (Å²) >= 11 is 5.49. The first-order valence-electron chi connectivity index (χ1n) is 8.71. The molecular weight excluding hydrogens is 443 g/mol. The maximum atomic E-state index is 12.0. The van der Waals surface area contributed by atoms with Crippen molar-refractivity contribution in [1.29, 1.82) is 0 Å².